The number of rotatable bonds is 6. The van der Waals surface area contributed by atoms with Gasteiger partial charge >= 0.3 is 0 Å². The van der Waals surface area contributed by atoms with Gasteiger partial charge < -0.3 is 20.1 Å². The highest BCUT2D eigenvalue weighted by atomic mass is 19.1. The number of ether oxygens (including phenoxy) is 2. The lowest BCUT2D eigenvalue weighted by Crippen LogP contribution is -2.08. The number of fused-ring (bicyclic) bond motifs is 2. The molecule has 4 aromatic rings. The van der Waals surface area contributed by atoms with Gasteiger partial charge in [-0.1, -0.05) is 30.3 Å². The fourth-order valence-electron chi connectivity index (χ4n) is 3.31. The molecule has 1 aliphatic rings. The maximum absolute atomic E-state index is 13.1. The second-order valence-corrected chi connectivity index (χ2v) is 6.93. The van der Waals surface area contributed by atoms with Crippen LogP contribution < -0.4 is 20.1 Å². The number of para-hydroxylation sites is 1. The summed E-state index contributed by atoms with van der Waals surface area (Å²) in [6.45, 7) is 1.33. The molecule has 2 N–H and O–H groups in total. The SMILES string of the molecule is Fc1ccc(CNc2nc(NCc3ccc4c(c3)OCO4)nc3ccccc23)cc1. The van der Waals surface area contributed by atoms with Gasteiger partial charge in [0.2, 0.25) is 12.7 Å². The molecule has 5 rings (SSSR count). The molecular weight excluding hydrogens is 383 g/mol. The van der Waals surface area contributed by atoms with Crippen LogP contribution in [0.25, 0.3) is 10.9 Å². The minimum atomic E-state index is -0.249. The van der Waals surface area contributed by atoms with Gasteiger partial charge in [0.15, 0.2) is 11.5 Å². The van der Waals surface area contributed by atoms with Gasteiger partial charge in [0, 0.05) is 18.5 Å². The zero-order chi connectivity index (χ0) is 20.3. The van der Waals surface area contributed by atoms with E-state index in [1.54, 1.807) is 12.1 Å². The summed E-state index contributed by atoms with van der Waals surface area (Å²) in [5.41, 5.74) is 2.84. The topological polar surface area (TPSA) is 68.3 Å². The second-order valence-electron chi connectivity index (χ2n) is 6.93. The van der Waals surface area contributed by atoms with Crippen molar-refractivity contribution in [2.75, 3.05) is 17.4 Å². The monoisotopic (exact) mass is 402 g/mol. The minimum Gasteiger partial charge on any atom is -0.454 e. The molecule has 0 fully saturated rings. The molecule has 0 radical (unpaired) electrons. The second kappa shape index (κ2) is 7.87. The lowest BCUT2D eigenvalue weighted by Gasteiger charge is -2.12. The van der Waals surface area contributed by atoms with Crippen molar-refractivity contribution in [3.05, 3.63) is 83.7 Å². The Bertz CT molecular complexity index is 1200. The van der Waals surface area contributed by atoms with Crippen LogP contribution in [0.4, 0.5) is 16.2 Å². The van der Waals surface area contributed by atoms with Crippen molar-refractivity contribution >= 4 is 22.7 Å². The minimum absolute atomic E-state index is 0.249. The molecule has 150 valence electrons. The number of anilines is 2. The van der Waals surface area contributed by atoms with E-state index in [2.05, 4.69) is 20.6 Å². The van der Waals surface area contributed by atoms with Crippen molar-refractivity contribution in [3.63, 3.8) is 0 Å². The third kappa shape index (κ3) is 3.82. The van der Waals surface area contributed by atoms with Gasteiger partial charge in [-0.2, -0.15) is 4.98 Å². The van der Waals surface area contributed by atoms with Gasteiger partial charge in [-0.05, 0) is 47.5 Å². The Morgan fingerprint density at radius 1 is 0.800 bits per heavy atom. The highest BCUT2D eigenvalue weighted by molar-refractivity contribution is 5.90. The lowest BCUT2D eigenvalue weighted by atomic mass is 10.2. The number of nitrogens with zero attached hydrogens (tertiary/aromatic N) is 2. The molecule has 0 amide bonds. The van der Waals surface area contributed by atoms with Gasteiger partial charge in [-0.25, -0.2) is 9.37 Å². The number of hydrogen-bond acceptors (Lipinski definition) is 6. The molecule has 7 heteroatoms. The smallest absolute Gasteiger partial charge is 0.231 e. The Balaban J connectivity index is 1.36. The molecule has 3 aromatic carbocycles. The van der Waals surface area contributed by atoms with Crippen LogP contribution >= 0.6 is 0 Å². The average molecular weight is 402 g/mol. The number of hydrogen-bond donors (Lipinski definition) is 2. The van der Waals surface area contributed by atoms with E-state index < -0.39 is 0 Å². The fraction of sp³-hybridized carbons (Fsp3) is 0.130. The van der Waals surface area contributed by atoms with E-state index in [4.69, 9.17) is 9.47 Å². The first-order valence-electron chi connectivity index (χ1n) is 9.62. The molecule has 0 saturated heterocycles. The molecule has 0 spiro atoms. The summed E-state index contributed by atoms with van der Waals surface area (Å²) in [6.07, 6.45) is 0. The molecule has 1 aliphatic heterocycles. The van der Waals surface area contributed by atoms with Crippen LogP contribution in [0.2, 0.25) is 0 Å². The fourth-order valence-corrected chi connectivity index (χ4v) is 3.31. The van der Waals surface area contributed by atoms with Crippen LogP contribution in [0.1, 0.15) is 11.1 Å². The Kier molecular flexibility index (Phi) is 4.77. The Morgan fingerprint density at radius 2 is 1.57 bits per heavy atom. The zero-order valence-corrected chi connectivity index (χ0v) is 16.1. The molecule has 1 aromatic heterocycles. The number of halogens is 1. The maximum Gasteiger partial charge on any atom is 0.231 e. The molecule has 6 nitrogen and oxygen atoms in total. The van der Waals surface area contributed by atoms with Crippen molar-refractivity contribution < 1.29 is 13.9 Å². The average Bonchev–Trinajstić information content (AvgIpc) is 3.25. The Hall–Kier alpha value is -3.87. The van der Waals surface area contributed by atoms with Crippen molar-refractivity contribution in [3.8, 4) is 11.5 Å². The van der Waals surface area contributed by atoms with Crippen LogP contribution in [0.15, 0.2) is 66.7 Å². The van der Waals surface area contributed by atoms with E-state index in [0.717, 1.165) is 39.3 Å². The number of nitrogens with one attached hydrogen (secondary N) is 2. The summed E-state index contributed by atoms with van der Waals surface area (Å²) in [5.74, 6) is 2.50. The molecule has 0 aliphatic carbocycles. The zero-order valence-electron chi connectivity index (χ0n) is 16.1. The molecule has 2 heterocycles. The molecule has 0 unspecified atom stereocenters. The van der Waals surface area contributed by atoms with Crippen molar-refractivity contribution in [1.29, 1.82) is 0 Å². The quantitative estimate of drug-likeness (QED) is 0.486. The third-order valence-electron chi connectivity index (χ3n) is 4.86. The van der Waals surface area contributed by atoms with Crippen LogP contribution in [-0.2, 0) is 13.1 Å². The van der Waals surface area contributed by atoms with Crippen LogP contribution in [0.3, 0.4) is 0 Å². The van der Waals surface area contributed by atoms with E-state index in [1.165, 1.54) is 12.1 Å². The van der Waals surface area contributed by atoms with E-state index in [-0.39, 0.29) is 12.6 Å². The molecule has 0 saturated carbocycles. The van der Waals surface area contributed by atoms with Gasteiger partial charge in [0.25, 0.3) is 0 Å². The van der Waals surface area contributed by atoms with Crippen LogP contribution in [0, 0.1) is 5.82 Å². The van der Waals surface area contributed by atoms with Crippen molar-refractivity contribution in [2.24, 2.45) is 0 Å². The summed E-state index contributed by atoms with van der Waals surface area (Å²) >= 11 is 0. The molecule has 0 atom stereocenters. The summed E-state index contributed by atoms with van der Waals surface area (Å²) in [5, 5.41) is 7.55. The summed E-state index contributed by atoms with van der Waals surface area (Å²) < 4.78 is 23.9. The van der Waals surface area contributed by atoms with Crippen molar-refractivity contribution in [2.45, 2.75) is 13.1 Å². The standard InChI is InChI=1S/C23H19FN4O2/c24-17-8-5-15(6-9-17)12-25-22-18-3-1-2-4-19(18)27-23(28-22)26-13-16-7-10-20-21(11-16)30-14-29-20/h1-11H,12-14H2,(H2,25,26,27,28). The van der Waals surface area contributed by atoms with E-state index in [0.29, 0.717) is 19.0 Å². The lowest BCUT2D eigenvalue weighted by molar-refractivity contribution is 0.174. The predicted octanol–water partition coefficient (Wildman–Crippen LogP) is 4.72. The molecule has 30 heavy (non-hydrogen) atoms. The maximum atomic E-state index is 13.1. The van der Waals surface area contributed by atoms with Crippen LogP contribution in [0.5, 0.6) is 11.5 Å². The largest absolute Gasteiger partial charge is 0.454 e. The van der Waals surface area contributed by atoms with E-state index in [1.807, 2.05) is 42.5 Å². The van der Waals surface area contributed by atoms with Gasteiger partial charge in [-0.3, -0.25) is 0 Å². The number of benzene rings is 3. The van der Waals surface area contributed by atoms with E-state index in [9.17, 15) is 4.39 Å². The van der Waals surface area contributed by atoms with Crippen LogP contribution in [-0.4, -0.2) is 16.8 Å². The van der Waals surface area contributed by atoms with E-state index >= 15 is 0 Å². The van der Waals surface area contributed by atoms with Gasteiger partial charge in [0.05, 0.1) is 5.52 Å². The van der Waals surface area contributed by atoms with Gasteiger partial charge in [-0.15, -0.1) is 0 Å². The third-order valence-corrected chi connectivity index (χ3v) is 4.86. The summed E-state index contributed by atoms with van der Waals surface area (Å²) in [6, 6.07) is 20.1. The predicted molar refractivity (Wildman–Crippen MR) is 113 cm³/mol. The first-order chi connectivity index (χ1) is 14.7. The van der Waals surface area contributed by atoms with Crippen molar-refractivity contribution in [1.82, 2.24) is 9.97 Å². The molecule has 0 bridgehead atoms. The number of aromatic nitrogens is 2. The normalized spacial score (nSPS) is 12.2. The van der Waals surface area contributed by atoms with Gasteiger partial charge in [0.1, 0.15) is 11.6 Å². The Morgan fingerprint density at radius 3 is 2.47 bits per heavy atom. The summed E-state index contributed by atoms with van der Waals surface area (Å²) in [4.78, 5) is 9.28. The first-order valence-corrected chi connectivity index (χ1v) is 9.62. The summed E-state index contributed by atoms with van der Waals surface area (Å²) in [7, 11) is 0. The first kappa shape index (κ1) is 18.2. The Labute approximate surface area is 172 Å². The highest BCUT2D eigenvalue weighted by Crippen LogP contribution is 2.32. The molecular formula is C23H19FN4O2. The highest BCUT2D eigenvalue weighted by Gasteiger charge is 2.13.